The molecule has 0 radical (unpaired) electrons. The van der Waals surface area contributed by atoms with E-state index in [1.165, 1.54) is 6.07 Å². The fourth-order valence-electron chi connectivity index (χ4n) is 2.06. The Hall–Kier alpha value is -0.910. The summed E-state index contributed by atoms with van der Waals surface area (Å²) in [5, 5.41) is 0. The lowest BCUT2D eigenvalue weighted by Crippen LogP contribution is -2.33. The molecule has 2 fully saturated rings. The quantitative estimate of drug-likeness (QED) is 0.845. The van der Waals surface area contributed by atoms with Crippen LogP contribution in [-0.2, 0) is 0 Å². The molecule has 3 nitrogen and oxygen atoms in total. The number of thioether (sulfide) groups is 1. The average molecular weight is 271 g/mol. The van der Waals surface area contributed by atoms with Gasteiger partial charge in [0.15, 0.2) is 0 Å². The first-order chi connectivity index (χ1) is 8.74. The van der Waals surface area contributed by atoms with Gasteiger partial charge < -0.3 is 4.90 Å². The van der Waals surface area contributed by atoms with Gasteiger partial charge in [0.1, 0.15) is 17.3 Å². The van der Waals surface area contributed by atoms with Gasteiger partial charge >= 0.3 is 0 Å². The molecule has 1 aliphatic carbocycles. The zero-order valence-electron chi connectivity index (χ0n) is 9.98. The first-order valence-corrected chi connectivity index (χ1v) is 7.39. The highest BCUT2D eigenvalue weighted by Crippen LogP contribution is 2.39. The van der Waals surface area contributed by atoms with Crippen LogP contribution in [0.15, 0.2) is 6.07 Å². The van der Waals surface area contributed by atoms with E-state index in [9.17, 15) is 8.78 Å². The maximum atomic E-state index is 12.9. The van der Waals surface area contributed by atoms with Crippen molar-refractivity contribution in [2.75, 3.05) is 29.5 Å². The van der Waals surface area contributed by atoms with Crippen molar-refractivity contribution in [3.8, 4) is 0 Å². The van der Waals surface area contributed by atoms with Crippen LogP contribution in [-0.4, -0.2) is 34.6 Å². The van der Waals surface area contributed by atoms with Crippen LogP contribution in [0.3, 0.4) is 0 Å². The molecular weight excluding hydrogens is 256 g/mol. The van der Waals surface area contributed by atoms with Gasteiger partial charge in [0.2, 0.25) is 0 Å². The molecule has 0 bridgehead atoms. The van der Waals surface area contributed by atoms with Crippen molar-refractivity contribution in [2.45, 2.75) is 25.2 Å². The van der Waals surface area contributed by atoms with Crippen LogP contribution in [0, 0.1) is 0 Å². The molecule has 0 atom stereocenters. The second kappa shape index (κ2) is 4.99. The van der Waals surface area contributed by atoms with Crippen LogP contribution in [0.5, 0.6) is 0 Å². The number of hydrogen-bond donors (Lipinski definition) is 0. The van der Waals surface area contributed by atoms with Crippen molar-refractivity contribution in [3.05, 3.63) is 17.6 Å². The van der Waals surface area contributed by atoms with Crippen molar-refractivity contribution >= 4 is 17.6 Å². The Bertz CT molecular complexity index is 411. The summed E-state index contributed by atoms with van der Waals surface area (Å²) in [6, 6.07) is 1.45. The molecule has 98 valence electrons. The van der Waals surface area contributed by atoms with E-state index in [1.807, 2.05) is 11.8 Å². The summed E-state index contributed by atoms with van der Waals surface area (Å²) < 4.78 is 25.7. The van der Waals surface area contributed by atoms with Crippen molar-refractivity contribution in [1.82, 2.24) is 9.97 Å². The Morgan fingerprint density at radius 3 is 2.56 bits per heavy atom. The molecule has 1 aliphatic heterocycles. The number of halogens is 2. The maximum absolute atomic E-state index is 12.9. The molecule has 0 aromatic carbocycles. The van der Waals surface area contributed by atoms with Crippen LogP contribution in [0.25, 0.3) is 0 Å². The molecule has 0 spiro atoms. The number of hydrogen-bond acceptors (Lipinski definition) is 4. The van der Waals surface area contributed by atoms with Gasteiger partial charge in [-0.3, -0.25) is 0 Å². The predicted octanol–water partition coefficient (Wildman–Crippen LogP) is 2.84. The van der Waals surface area contributed by atoms with E-state index in [4.69, 9.17) is 0 Å². The molecule has 0 amide bonds. The molecule has 2 heterocycles. The molecule has 0 N–H and O–H groups in total. The highest BCUT2D eigenvalue weighted by Gasteiger charge is 2.29. The van der Waals surface area contributed by atoms with Crippen LogP contribution < -0.4 is 4.90 Å². The number of anilines is 1. The topological polar surface area (TPSA) is 29.0 Å². The molecule has 6 heteroatoms. The summed E-state index contributed by atoms with van der Waals surface area (Å²) in [7, 11) is 0. The van der Waals surface area contributed by atoms with Crippen molar-refractivity contribution < 1.29 is 8.78 Å². The smallest absolute Gasteiger partial charge is 0.280 e. The third kappa shape index (κ3) is 2.58. The van der Waals surface area contributed by atoms with Crippen molar-refractivity contribution in [1.29, 1.82) is 0 Å². The van der Waals surface area contributed by atoms with E-state index in [0.29, 0.717) is 17.6 Å². The lowest BCUT2D eigenvalue weighted by molar-refractivity contribution is 0.145. The van der Waals surface area contributed by atoms with E-state index in [2.05, 4.69) is 14.9 Å². The van der Waals surface area contributed by atoms with Crippen LogP contribution >= 0.6 is 11.8 Å². The van der Waals surface area contributed by atoms with Crippen molar-refractivity contribution in [3.63, 3.8) is 0 Å². The fraction of sp³-hybridized carbons (Fsp3) is 0.667. The number of rotatable bonds is 3. The molecule has 1 saturated carbocycles. The van der Waals surface area contributed by atoms with Gasteiger partial charge in [-0.2, -0.15) is 11.8 Å². The SMILES string of the molecule is FC(F)c1cc(N2CCSCC2)nc(C2CC2)n1. The minimum atomic E-state index is -2.51. The third-order valence-electron chi connectivity index (χ3n) is 3.25. The summed E-state index contributed by atoms with van der Waals surface area (Å²) in [6.07, 6.45) is -0.451. The predicted molar refractivity (Wildman–Crippen MR) is 68.5 cm³/mol. The number of aromatic nitrogens is 2. The maximum Gasteiger partial charge on any atom is 0.280 e. The summed E-state index contributed by atoms with van der Waals surface area (Å²) in [6.45, 7) is 1.77. The molecule has 1 aromatic heterocycles. The summed E-state index contributed by atoms with van der Waals surface area (Å²) in [5.41, 5.74) is -0.125. The van der Waals surface area contributed by atoms with Gasteiger partial charge in [0.25, 0.3) is 6.43 Å². The Morgan fingerprint density at radius 1 is 1.22 bits per heavy atom. The van der Waals surface area contributed by atoms with Crippen molar-refractivity contribution in [2.24, 2.45) is 0 Å². The first-order valence-electron chi connectivity index (χ1n) is 6.24. The summed E-state index contributed by atoms with van der Waals surface area (Å²) in [4.78, 5) is 10.6. The average Bonchev–Trinajstić information content (AvgIpc) is 3.23. The molecule has 18 heavy (non-hydrogen) atoms. The second-order valence-corrected chi connectivity index (χ2v) is 5.91. The standard InChI is InChI=1S/C12H15F2N3S/c13-11(14)9-7-10(17-3-5-18-6-4-17)16-12(15-9)8-1-2-8/h7-8,11H,1-6H2. The van der Waals surface area contributed by atoms with E-state index < -0.39 is 6.43 Å². The highest BCUT2D eigenvalue weighted by atomic mass is 32.2. The van der Waals surface area contributed by atoms with Gasteiger partial charge in [-0.1, -0.05) is 0 Å². The number of alkyl halides is 2. The third-order valence-corrected chi connectivity index (χ3v) is 4.19. The summed E-state index contributed by atoms with van der Waals surface area (Å²) >= 11 is 1.89. The normalized spacial score (nSPS) is 20.5. The van der Waals surface area contributed by atoms with E-state index in [0.717, 1.165) is 37.4 Å². The minimum Gasteiger partial charge on any atom is -0.355 e. The Kier molecular flexibility index (Phi) is 3.37. The number of nitrogens with zero attached hydrogens (tertiary/aromatic N) is 3. The van der Waals surface area contributed by atoms with Crippen LogP contribution in [0.4, 0.5) is 14.6 Å². The Morgan fingerprint density at radius 2 is 1.94 bits per heavy atom. The van der Waals surface area contributed by atoms with Gasteiger partial charge in [-0.15, -0.1) is 0 Å². The first kappa shape index (κ1) is 12.1. The fourth-order valence-corrected chi connectivity index (χ4v) is 2.96. The second-order valence-electron chi connectivity index (χ2n) is 4.68. The van der Waals surface area contributed by atoms with Crippen LogP contribution in [0.1, 0.15) is 36.7 Å². The summed E-state index contributed by atoms with van der Waals surface area (Å²) in [5.74, 6) is 3.67. The Labute approximate surface area is 109 Å². The molecule has 3 rings (SSSR count). The van der Waals surface area contributed by atoms with E-state index >= 15 is 0 Å². The monoisotopic (exact) mass is 271 g/mol. The van der Waals surface area contributed by atoms with Crippen LogP contribution in [0.2, 0.25) is 0 Å². The van der Waals surface area contributed by atoms with Gasteiger partial charge in [-0.25, -0.2) is 18.7 Å². The highest BCUT2D eigenvalue weighted by molar-refractivity contribution is 7.99. The minimum absolute atomic E-state index is 0.125. The molecule has 1 saturated heterocycles. The van der Waals surface area contributed by atoms with Gasteiger partial charge in [-0.05, 0) is 12.8 Å². The zero-order valence-corrected chi connectivity index (χ0v) is 10.8. The lowest BCUT2D eigenvalue weighted by Gasteiger charge is -2.28. The molecule has 0 unspecified atom stereocenters. The molecule has 1 aromatic rings. The van der Waals surface area contributed by atoms with E-state index in [1.54, 1.807) is 0 Å². The van der Waals surface area contributed by atoms with Gasteiger partial charge in [0.05, 0.1) is 0 Å². The molecule has 2 aliphatic rings. The lowest BCUT2D eigenvalue weighted by atomic mass is 10.3. The van der Waals surface area contributed by atoms with Gasteiger partial charge in [0, 0.05) is 36.6 Å². The largest absolute Gasteiger partial charge is 0.355 e. The zero-order chi connectivity index (χ0) is 12.5. The molecular formula is C12H15F2N3S. The van der Waals surface area contributed by atoms with E-state index in [-0.39, 0.29) is 5.69 Å². The Balaban J connectivity index is 1.91.